The van der Waals surface area contributed by atoms with E-state index in [1.807, 2.05) is 6.92 Å². The van der Waals surface area contributed by atoms with Gasteiger partial charge < -0.3 is 20.2 Å². The molecule has 0 saturated heterocycles. The van der Waals surface area contributed by atoms with Crippen molar-refractivity contribution >= 4 is 17.7 Å². The fourth-order valence-corrected chi connectivity index (χ4v) is 1.78. The summed E-state index contributed by atoms with van der Waals surface area (Å²) in [4.78, 5) is 25.4. The summed E-state index contributed by atoms with van der Waals surface area (Å²) in [7, 11) is 0. The molecule has 0 bridgehead atoms. The Labute approximate surface area is 123 Å². The lowest BCUT2D eigenvalue weighted by Crippen LogP contribution is -2.19. The Hall–Kier alpha value is -2.31. The number of nitrogens with zero attached hydrogens (tertiary/aromatic N) is 1. The zero-order valence-electron chi connectivity index (χ0n) is 12.0. The number of carbonyl (C=O) groups is 2. The molecule has 3 N–H and O–H groups in total. The fourth-order valence-electron chi connectivity index (χ4n) is 1.78. The molecular formula is C14H21NO6. The van der Waals surface area contributed by atoms with Crippen LogP contribution >= 0.6 is 0 Å². The standard InChI is InChI=1S/C13H19NO3.CH2O3/c1-3-6-10(14-17-9-4-2)13-11(15)7-5-8-12(13)16;2-1(3)4/h4,15H,2-3,5-9H2,1H3;(H2,2,3,4). The van der Waals surface area contributed by atoms with Gasteiger partial charge in [0.25, 0.3) is 0 Å². The van der Waals surface area contributed by atoms with Crippen LogP contribution < -0.4 is 0 Å². The average Bonchev–Trinajstić information content (AvgIpc) is 2.38. The summed E-state index contributed by atoms with van der Waals surface area (Å²) in [6.45, 7) is 5.82. The molecule has 1 aliphatic carbocycles. The summed E-state index contributed by atoms with van der Waals surface area (Å²) >= 11 is 0. The third-order valence-electron chi connectivity index (χ3n) is 2.53. The van der Waals surface area contributed by atoms with E-state index in [1.54, 1.807) is 6.08 Å². The minimum atomic E-state index is -1.83. The third-order valence-corrected chi connectivity index (χ3v) is 2.53. The second kappa shape index (κ2) is 10.5. The molecule has 0 aromatic carbocycles. The zero-order chi connectivity index (χ0) is 16.3. The van der Waals surface area contributed by atoms with Crippen LogP contribution in [0.5, 0.6) is 0 Å². The average molecular weight is 299 g/mol. The van der Waals surface area contributed by atoms with E-state index in [-0.39, 0.29) is 11.5 Å². The summed E-state index contributed by atoms with van der Waals surface area (Å²) in [6, 6.07) is 0. The minimum absolute atomic E-state index is 0.0387. The van der Waals surface area contributed by atoms with Gasteiger partial charge in [0.2, 0.25) is 0 Å². The highest BCUT2D eigenvalue weighted by Crippen LogP contribution is 2.23. The van der Waals surface area contributed by atoms with Crippen LogP contribution in [-0.4, -0.2) is 39.6 Å². The minimum Gasteiger partial charge on any atom is -0.511 e. The second-order valence-electron chi connectivity index (χ2n) is 4.25. The molecule has 0 amide bonds. The molecule has 0 radical (unpaired) electrons. The number of carbonyl (C=O) groups excluding carboxylic acids is 1. The predicted octanol–water partition coefficient (Wildman–Crippen LogP) is 3.13. The number of ketones is 1. The van der Waals surface area contributed by atoms with Gasteiger partial charge in [0.05, 0.1) is 11.3 Å². The van der Waals surface area contributed by atoms with Crippen LogP contribution in [-0.2, 0) is 9.63 Å². The van der Waals surface area contributed by atoms with Crippen LogP contribution in [0.1, 0.15) is 39.0 Å². The number of carboxylic acid groups (broad SMARTS) is 2. The third kappa shape index (κ3) is 7.76. The van der Waals surface area contributed by atoms with Gasteiger partial charge in [-0.3, -0.25) is 4.79 Å². The van der Waals surface area contributed by atoms with E-state index in [0.717, 1.165) is 6.42 Å². The van der Waals surface area contributed by atoms with E-state index in [2.05, 4.69) is 11.7 Å². The van der Waals surface area contributed by atoms with Crippen LogP contribution in [0.15, 0.2) is 29.1 Å². The Kier molecular flexibility index (Phi) is 9.32. The van der Waals surface area contributed by atoms with Crippen molar-refractivity contribution in [3.05, 3.63) is 24.0 Å². The van der Waals surface area contributed by atoms with E-state index < -0.39 is 6.16 Å². The molecule has 1 rings (SSSR count). The van der Waals surface area contributed by atoms with E-state index in [1.165, 1.54) is 0 Å². The number of hydrogen-bond acceptors (Lipinski definition) is 5. The first-order valence-electron chi connectivity index (χ1n) is 6.61. The summed E-state index contributed by atoms with van der Waals surface area (Å²) in [5.74, 6) is 0.110. The Morgan fingerprint density at radius 1 is 1.43 bits per heavy atom. The largest absolute Gasteiger partial charge is 0.511 e. The lowest BCUT2D eigenvalue weighted by atomic mass is 9.91. The lowest BCUT2D eigenvalue weighted by Gasteiger charge is -2.16. The van der Waals surface area contributed by atoms with Crippen molar-refractivity contribution in [1.82, 2.24) is 0 Å². The van der Waals surface area contributed by atoms with E-state index in [4.69, 9.17) is 19.8 Å². The highest BCUT2D eigenvalue weighted by molar-refractivity contribution is 6.22. The molecule has 0 aliphatic heterocycles. The molecule has 1 aliphatic rings. The lowest BCUT2D eigenvalue weighted by molar-refractivity contribution is -0.115. The van der Waals surface area contributed by atoms with Gasteiger partial charge in [-0.15, -0.1) is 0 Å². The SMILES string of the molecule is C=CCON=C(CCC)C1=C(O)CCCC1=O.O=C(O)O. The molecule has 21 heavy (non-hydrogen) atoms. The van der Waals surface area contributed by atoms with Gasteiger partial charge >= 0.3 is 6.16 Å². The summed E-state index contributed by atoms with van der Waals surface area (Å²) in [5.41, 5.74) is 0.915. The molecule has 0 spiro atoms. The van der Waals surface area contributed by atoms with E-state index in [0.29, 0.717) is 43.6 Å². The molecule has 0 fully saturated rings. The quantitative estimate of drug-likeness (QED) is 0.300. The molecular weight excluding hydrogens is 278 g/mol. The predicted molar refractivity (Wildman–Crippen MR) is 77.7 cm³/mol. The number of oxime groups is 1. The number of hydrogen-bond donors (Lipinski definition) is 3. The molecule has 118 valence electrons. The highest BCUT2D eigenvalue weighted by atomic mass is 16.6. The molecule has 0 aromatic rings. The first-order chi connectivity index (χ1) is 9.93. The van der Waals surface area contributed by atoms with E-state index in [9.17, 15) is 9.90 Å². The van der Waals surface area contributed by atoms with Crippen LogP contribution in [0.25, 0.3) is 0 Å². The molecule has 7 nitrogen and oxygen atoms in total. The summed E-state index contributed by atoms with van der Waals surface area (Å²) < 4.78 is 0. The normalized spacial score (nSPS) is 15.1. The van der Waals surface area contributed by atoms with Crippen molar-refractivity contribution in [2.75, 3.05) is 6.61 Å². The second-order valence-corrected chi connectivity index (χ2v) is 4.25. The van der Waals surface area contributed by atoms with Gasteiger partial charge in [0.1, 0.15) is 12.4 Å². The first-order valence-corrected chi connectivity index (χ1v) is 6.61. The fraction of sp³-hybridized carbons (Fsp3) is 0.500. The maximum atomic E-state index is 11.8. The van der Waals surface area contributed by atoms with Gasteiger partial charge in [-0.25, -0.2) is 4.79 Å². The van der Waals surface area contributed by atoms with Crippen LogP contribution in [0.3, 0.4) is 0 Å². The smallest absolute Gasteiger partial charge is 0.503 e. The first kappa shape index (κ1) is 18.7. The van der Waals surface area contributed by atoms with Crippen molar-refractivity contribution < 1.29 is 29.7 Å². The Morgan fingerprint density at radius 3 is 2.52 bits per heavy atom. The molecule has 0 heterocycles. The Bertz CT molecular complexity index is 435. The van der Waals surface area contributed by atoms with Crippen molar-refractivity contribution in [1.29, 1.82) is 0 Å². The van der Waals surface area contributed by atoms with Crippen molar-refractivity contribution in [3.63, 3.8) is 0 Å². The number of aliphatic hydroxyl groups excluding tert-OH is 1. The molecule has 0 unspecified atom stereocenters. The van der Waals surface area contributed by atoms with Gasteiger partial charge in [0, 0.05) is 12.8 Å². The highest BCUT2D eigenvalue weighted by Gasteiger charge is 2.24. The Morgan fingerprint density at radius 2 is 2.05 bits per heavy atom. The van der Waals surface area contributed by atoms with E-state index >= 15 is 0 Å². The van der Waals surface area contributed by atoms with Gasteiger partial charge in [-0.1, -0.05) is 31.2 Å². The molecule has 0 atom stereocenters. The monoisotopic (exact) mass is 299 g/mol. The number of aliphatic hydroxyl groups is 1. The maximum Gasteiger partial charge on any atom is 0.503 e. The number of rotatable bonds is 6. The maximum absolute atomic E-state index is 11.8. The van der Waals surface area contributed by atoms with Gasteiger partial charge in [-0.05, 0) is 12.8 Å². The number of allylic oxidation sites excluding steroid dienone is 2. The van der Waals surface area contributed by atoms with Crippen LogP contribution in [0, 0.1) is 0 Å². The van der Waals surface area contributed by atoms with Crippen LogP contribution in [0.2, 0.25) is 0 Å². The van der Waals surface area contributed by atoms with Crippen LogP contribution in [0.4, 0.5) is 4.79 Å². The topological polar surface area (TPSA) is 116 Å². The van der Waals surface area contributed by atoms with Crippen molar-refractivity contribution in [2.45, 2.75) is 39.0 Å². The summed E-state index contributed by atoms with van der Waals surface area (Å²) in [5, 5.41) is 27.7. The van der Waals surface area contributed by atoms with Gasteiger partial charge in [0.15, 0.2) is 5.78 Å². The molecule has 0 saturated carbocycles. The summed E-state index contributed by atoms with van der Waals surface area (Å²) in [6.07, 6.45) is 2.96. The van der Waals surface area contributed by atoms with Crippen molar-refractivity contribution in [3.8, 4) is 0 Å². The number of Topliss-reactive ketones (excluding diaryl/α,β-unsaturated/α-hetero) is 1. The van der Waals surface area contributed by atoms with Crippen molar-refractivity contribution in [2.24, 2.45) is 5.16 Å². The zero-order valence-corrected chi connectivity index (χ0v) is 12.0. The Balaban J connectivity index is 0.000000885. The molecule has 0 aromatic heterocycles. The molecule has 7 heteroatoms. The van der Waals surface area contributed by atoms with Gasteiger partial charge in [-0.2, -0.15) is 0 Å².